The molecule has 1 N–H and O–H groups in total. The molecule has 2 aliphatic rings. The molecular formula is C18H25NO5. The number of benzene rings is 1. The smallest absolute Gasteiger partial charge is 0.497 e. The van der Waals surface area contributed by atoms with E-state index in [1.54, 1.807) is 7.11 Å². The van der Waals surface area contributed by atoms with Crippen molar-refractivity contribution in [3.05, 3.63) is 29.3 Å². The number of piperidine rings is 1. The van der Waals surface area contributed by atoms with E-state index < -0.39 is 18.4 Å². The molecule has 1 aliphatic carbocycles. The predicted octanol–water partition coefficient (Wildman–Crippen LogP) is 1.77. The third-order valence-electron chi connectivity index (χ3n) is 5.10. The predicted molar refractivity (Wildman–Crippen MR) is 88.3 cm³/mol. The van der Waals surface area contributed by atoms with Crippen LogP contribution >= 0.6 is 0 Å². The number of hydrogen-bond acceptors (Lipinski definition) is 6. The lowest BCUT2D eigenvalue weighted by atomic mass is 9.86. The number of nitrogens with zero attached hydrogens (tertiary/aromatic N) is 1. The first-order chi connectivity index (χ1) is 11.6. The highest BCUT2D eigenvalue weighted by Crippen LogP contribution is 2.29. The zero-order valence-electron chi connectivity index (χ0n) is 14.2. The van der Waals surface area contributed by atoms with Crippen molar-refractivity contribution >= 4 is 6.16 Å². The number of likely N-dealkylation sites (tertiary alicyclic amines) is 1. The second kappa shape index (κ2) is 7.40. The Morgan fingerprint density at radius 2 is 2.08 bits per heavy atom. The molecular weight excluding hydrogens is 310 g/mol. The van der Waals surface area contributed by atoms with Crippen LogP contribution in [-0.4, -0.2) is 61.7 Å². The van der Waals surface area contributed by atoms with Gasteiger partial charge in [-0.05, 0) is 48.9 Å². The van der Waals surface area contributed by atoms with Crippen LogP contribution in [0.15, 0.2) is 18.2 Å². The van der Waals surface area contributed by atoms with Gasteiger partial charge in [0.2, 0.25) is 0 Å². The Bertz CT molecular complexity index is 591. The largest absolute Gasteiger partial charge is 0.508 e. The summed E-state index contributed by atoms with van der Waals surface area (Å²) in [4.78, 5) is 13.7. The molecule has 1 saturated heterocycles. The van der Waals surface area contributed by atoms with Crippen molar-refractivity contribution in [2.45, 2.75) is 43.9 Å². The molecule has 0 spiro atoms. The van der Waals surface area contributed by atoms with E-state index in [1.807, 2.05) is 6.07 Å². The van der Waals surface area contributed by atoms with Crippen LogP contribution in [0.3, 0.4) is 0 Å². The minimum Gasteiger partial charge on any atom is -0.497 e. The van der Waals surface area contributed by atoms with E-state index in [0.717, 1.165) is 31.6 Å². The highest BCUT2D eigenvalue weighted by atomic mass is 16.7. The summed E-state index contributed by atoms with van der Waals surface area (Å²) in [6.07, 6.45) is 1.76. The molecule has 1 aromatic rings. The fraction of sp³-hybridized carbons (Fsp3) is 0.611. The minimum atomic E-state index is -0.736. The van der Waals surface area contributed by atoms with Crippen molar-refractivity contribution < 1.29 is 24.1 Å². The molecule has 0 saturated carbocycles. The van der Waals surface area contributed by atoms with E-state index >= 15 is 0 Å². The van der Waals surface area contributed by atoms with Gasteiger partial charge in [0, 0.05) is 19.1 Å². The summed E-state index contributed by atoms with van der Waals surface area (Å²) >= 11 is 0. The van der Waals surface area contributed by atoms with Gasteiger partial charge < -0.3 is 19.3 Å². The van der Waals surface area contributed by atoms with E-state index in [9.17, 15) is 9.90 Å². The summed E-state index contributed by atoms with van der Waals surface area (Å²) in [6, 6.07) is 6.66. The normalized spacial score (nSPS) is 27.2. The van der Waals surface area contributed by atoms with Gasteiger partial charge in [-0.15, -0.1) is 0 Å². The van der Waals surface area contributed by atoms with E-state index in [-0.39, 0.29) is 0 Å². The van der Waals surface area contributed by atoms with Crippen LogP contribution < -0.4 is 4.74 Å². The zero-order chi connectivity index (χ0) is 17.1. The maximum absolute atomic E-state index is 11.4. The van der Waals surface area contributed by atoms with Crippen LogP contribution in [-0.2, 0) is 22.3 Å². The fourth-order valence-corrected chi connectivity index (χ4v) is 3.70. The van der Waals surface area contributed by atoms with Crippen molar-refractivity contribution in [1.82, 2.24) is 4.90 Å². The standard InChI is InChI=1S/C18H25NO5/c1-22-15-6-4-12-3-5-14(9-13(12)10-15)19-8-7-16(20)17(11-19)24-18(21)23-2/h4,6,10,14,16-17,20H,3,5,7-9,11H2,1-2H3. The Balaban J connectivity index is 1.67. The lowest BCUT2D eigenvalue weighted by molar-refractivity contribution is -0.0729. The van der Waals surface area contributed by atoms with Gasteiger partial charge in [-0.3, -0.25) is 4.90 Å². The average molecular weight is 335 g/mol. The first-order valence-electron chi connectivity index (χ1n) is 8.43. The van der Waals surface area contributed by atoms with Crippen molar-refractivity contribution in [2.24, 2.45) is 0 Å². The fourth-order valence-electron chi connectivity index (χ4n) is 3.70. The van der Waals surface area contributed by atoms with Crippen LogP contribution in [0, 0.1) is 0 Å². The molecule has 0 bridgehead atoms. The lowest BCUT2D eigenvalue weighted by Crippen LogP contribution is -2.53. The number of fused-ring (bicyclic) bond motifs is 1. The number of aliphatic hydroxyl groups is 1. The SMILES string of the molecule is COC(=O)OC1CN(C2CCc3ccc(OC)cc3C2)CCC1O. The van der Waals surface area contributed by atoms with Crippen molar-refractivity contribution in [1.29, 1.82) is 0 Å². The molecule has 6 heteroatoms. The van der Waals surface area contributed by atoms with Gasteiger partial charge in [0.05, 0.1) is 20.3 Å². The van der Waals surface area contributed by atoms with Crippen LogP contribution in [0.4, 0.5) is 4.79 Å². The lowest BCUT2D eigenvalue weighted by Gasteiger charge is -2.41. The summed E-state index contributed by atoms with van der Waals surface area (Å²) in [5, 5.41) is 10.1. The van der Waals surface area contributed by atoms with E-state index in [0.29, 0.717) is 19.0 Å². The van der Waals surface area contributed by atoms with Gasteiger partial charge in [-0.1, -0.05) is 6.07 Å². The summed E-state index contributed by atoms with van der Waals surface area (Å²) < 4.78 is 15.1. The van der Waals surface area contributed by atoms with E-state index in [4.69, 9.17) is 9.47 Å². The monoisotopic (exact) mass is 335 g/mol. The molecule has 6 nitrogen and oxygen atoms in total. The van der Waals surface area contributed by atoms with Crippen LogP contribution in [0.25, 0.3) is 0 Å². The Kier molecular flexibility index (Phi) is 5.26. The van der Waals surface area contributed by atoms with Gasteiger partial charge in [0.1, 0.15) is 11.9 Å². The van der Waals surface area contributed by atoms with Crippen LogP contribution in [0.5, 0.6) is 5.75 Å². The third-order valence-corrected chi connectivity index (χ3v) is 5.10. The van der Waals surface area contributed by atoms with Gasteiger partial charge >= 0.3 is 6.16 Å². The average Bonchev–Trinajstić information content (AvgIpc) is 2.62. The Hall–Kier alpha value is -1.79. The first kappa shape index (κ1) is 17.0. The third kappa shape index (κ3) is 3.65. The summed E-state index contributed by atoms with van der Waals surface area (Å²) in [6.45, 7) is 1.35. The molecule has 0 aromatic heterocycles. The summed E-state index contributed by atoms with van der Waals surface area (Å²) in [7, 11) is 2.96. The minimum absolute atomic E-state index is 0.390. The van der Waals surface area contributed by atoms with Crippen LogP contribution in [0.2, 0.25) is 0 Å². The topological polar surface area (TPSA) is 68.2 Å². The van der Waals surface area contributed by atoms with Crippen molar-refractivity contribution in [2.75, 3.05) is 27.3 Å². The maximum Gasteiger partial charge on any atom is 0.508 e. The molecule has 3 rings (SSSR count). The molecule has 1 aromatic carbocycles. The number of carbonyl (C=O) groups excluding carboxylic acids is 1. The van der Waals surface area contributed by atoms with E-state index in [1.165, 1.54) is 18.2 Å². The summed E-state index contributed by atoms with van der Waals surface area (Å²) in [5.41, 5.74) is 2.70. The second-order valence-electron chi connectivity index (χ2n) is 6.49. The molecule has 1 fully saturated rings. The first-order valence-corrected chi connectivity index (χ1v) is 8.43. The molecule has 3 atom stereocenters. The molecule has 0 amide bonds. The maximum atomic E-state index is 11.4. The number of methoxy groups -OCH3 is 2. The summed E-state index contributed by atoms with van der Waals surface area (Å²) in [5.74, 6) is 0.885. The van der Waals surface area contributed by atoms with E-state index in [2.05, 4.69) is 21.8 Å². The Morgan fingerprint density at radius 3 is 2.83 bits per heavy atom. The highest BCUT2D eigenvalue weighted by molar-refractivity contribution is 5.59. The molecule has 132 valence electrons. The number of hydrogen-bond donors (Lipinski definition) is 1. The van der Waals surface area contributed by atoms with Gasteiger partial charge in [0.25, 0.3) is 0 Å². The second-order valence-corrected chi connectivity index (χ2v) is 6.49. The molecule has 0 radical (unpaired) electrons. The number of aliphatic hydroxyl groups excluding tert-OH is 1. The Labute approximate surface area is 142 Å². The number of carbonyl (C=O) groups is 1. The number of ether oxygens (including phenoxy) is 3. The molecule has 3 unspecified atom stereocenters. The van der Waals surface area contributed by atoms with Crippen LogP contribution in [0.1, 0.15) is 24.0 Å². The quantitative estimate of drug-likeness (QED) is 0.849. The number of rotatable bonds is 3. The van der Waals surface area contributed by atoms with Crippen molar-refractivity contribution in [3.8, 4) is 5.75 Å². The highest BCUT2D eigenvalue weighted by Gasteiger charge is 2.35. The van der Waals surface area contributed by atoms with Gasteiger partial charge in [-0.2, -0.15) is 0 Å². The zero-order valence-corrected chi connectivity index (χ0v) is 14.2. The van der Waals surface area contributed by atoms with Gasteiger partial charge in [0.15, 0.2) is 0 Å². The molecule has 24 heavy (non-hydrogen) atoms. The van der Waals surface area contributed by atoms with Gasteiger partial charge in [-0.25, -0.2) is 4.79 Å². The molecule has 1 heterocycles. The van der Waals surface area contributed by atoms with Crippen molar-refractivity contribution in [3.63, 3.8) is 0 Å². The Morgan fingerprint density at radius 1 is 1.25 bits per heavy atom. The number of aryl methyl sites for hydroxylation is 1. The molecule has 1 aliphatic heterocycles.